The summed E-state index contributed by atoms with van der Waals surface area (Å²) in [6.45, 7) is 0.588. The summed E-state index contributed by atoms with van der Waals surface area (Å²) in [5.74, 6) is 0.611. The molecule has 1 aliphatic heterocycles. The normalized spacial score (nSPS) is 13.4. The van der Waals surface area contributed by atoms with E-state index in [9.17, 15) is 4.79 Å². The first-order valence-electron chi connectivity index (χ1n) is 6.61. The lowest BCUT2D eigenvalue weighted by atomic mass is 9.99. The van der Waals surface area contributed by atoms with Gasteiger partial charge in [-0.1, -0.05) is 0 Å². The number of primary amides is 1. The Kier molecular flexibility index (Phi) is 3.24. The van der Waals surface area contributed by atoms with E-state index in [1.807, 2.05) is 6.07 Å². The molecule has 0 bridgehead atoms. The molecule has 6 heteroatoms. The summed E-state index contributed by atoms with van der Waals surface area (Å²) in [5.41, 5.74) is 8.45. The number of anilines is 1. The number of nitriles is 1. The van der Waals surface area contributed by atoms with Gasteiger partial charge in [-0.15, -0.1) is 0 Å². The molecule has 2 aromatic rings. The van der Waals surface area contributed by atoms with Crippen molar-refractivity contribution in [1.82, 2.24) is 9.97 Å². The Morgan fingerprint density at radius 2 is 2.29 bits per heavy atom. The highest BCUT2D eigenvalue weighted by atomic mass is 16.2. The number of amides is 2. The zero-order valence-corrected chi connectivity index (χ0v) is 11.3. The lowest BCUT2D eigenvalue weighted by Gasteiger charge is -2.26. The number of rotatable bonds is 1. The molecule has 1 aliphatic rings. The topological polar surface area (TPSA) is 95.9 Å². The molecule has 2 aromatic heterocycles. The molecule has 6 nitrogen and oxygen atoms in total. The van der Waals surface area contributed by atoms with Gasteiger partial charge in [-0.2, -0.15) is 5.26 Å². The maximum atomic E-state index is 11.4. The average Bonchev–Trinajstić information content (AvgIpc) is 2.53. The van der Waals surface area contributed by atoms with Crippen molar-refractivity contribution >= 4 is 11.8 Å². The first-order chi connectivity index (χ1) is 10.2. The number of aromatic nitrogens is 2. The van der Waals surface area contributed by atoms with Gasteiger partial charge < -0.3 is 5.73 Å². The molecule has 0 radical (unpaired) electrons. The van der Waals surface area contributed by atoms with Gasteiger partial charge in [0.25, 0.3) is 0 Å². The van der Waals surface area contributed by atoms with Crippen LogP contribution in [0.25, 0.3) is 11.1 Å². The fourth-order valence-corrected chi connectivity index (χ4v) is 2.55. The standard InChI is InChI=1S/C15H13N5O/c16-7-11-3-4-18-9-13(11)12-6-10-2-1-5-20(15(17)21)14(10)19-8-12/h3-4,6,8-9H,1-2,5H2,(H2,17,21). The SMILES string of the molecule is N#Cc1ccncc1-c1cnc2c(c1)CCCN2C(N)=O. The number of nitrogens with zero attached hydrogens (tertiary/aromatic N) is 4. The summed E-state index contributed by atoms with van der Waals surface area (Å²) < 4.78 is 0. The number of aryl methyl sites for hydroxylation is 1. The molecular formula is C15H13N5O. The molecular weight excluding hydrogens is 266 g/mol. The first kappa shape index (κ1) is 13.1. The number of pyridine rings is 2. The summed E-state index contributed by atoms with van der Waals surface area (Å²) in [6, 6.07) is 5.28. The van der Waals surface area contributed by atoms with Crippen LogP contribution in [0.15, 0.2) is 30.7 Å². The Morgan fingerprint density at radius 1 is 1.43 bits per heavy atom. The average molecular weight is 279 g/mol. The third-order valence-electron chi connectivity index (χ3n) is 3.54. The van der Waals surface area contributed by atoms with Crippen molar-refractivity contribution < 1.29 is 4.79 Å². The highest BCUT2D eigenvalue weighted by molar-refractivity contribution is 5.91. The zero-order chi connectivity index (χ0) is 14.8. The smallest absolute Gasteiger partial charge is 0.320 e. The van der Waals surface area contributed by atoms with Gasteiger partial charge in [-0.3, -0.25) is 9.88 Å². The van der Waals surface area contributed by atoms with E-state index in [0.717, 1.165) is 29.5 Å². The highest BCUT2D eigenvalue weighted by Crippen LogP contribution is 2.30. The van der Waals surface area contributed by atoms with Gasteiger partial charge in [-0.25, -0.2) is 9.78 Å². The van der Waals surface area contributed by atoms with Crippen molar-refractivity contribution in [2.24, 2.45) is 5.73 Å². The Morgan fingerprint density at radius 3 is 3.05 bits per heavy atom. The number of carbonyl (C=O) groups excluding carboxylic acids is 1. The van der Waals surface area contributed by atoms with Gasteiger partial charge in [0.05, 0.1) is 11.6 Å². The fourth-order valence-electron chi connectivity index (χ4n) is 2.55. The van der Waals surface area contributed by atoms with Crippen LogP contribution in [0.4, 0.5) is 10.6 Å². The van der Waals surface area contributed by atoms with E-state index in [-0.39, 0.29) is 0 Å². The zero-order valence-electron chi connectivity index (χ0n) is 11.3. The van der Waals surface area contributed by atoms with Gasteiger partial charge in [0.1, 0.15) is 5.82 Å². The van der Waals surface area contributed by atoms with Crippen molar-refractivity contribution in [3.63, 3.8) is 0 Å². The highest BCUT2D eigenvalue weighted by Gasteiger charge is 2.22. The third-order valence-corrected chi connectivity index (χ3v) is 3.54. The van der Waals surface area contributed by atoms with Crippen LogP contribution in [-0.2, 0) is 6.42 Å². The van der Waals surface area contributed by atoms with Crippen LogP contribution in [0.5, 0.6) is 0 Å². The van der Waals surface area contributed by atoms with Gasteiger partial charge >= 0.3 is 6.03 Å². The number of carbonyl (C=O) groups is 1. The summed E-state index contributed by atoms with van der Waals surface area (Å²) in [5, 5.41) is 9.17. The lowest BCUT2D eigenvalue weighted by Crippen LogP contribution is -2.40. The second-order valence-electron chi connectivity index (χ2n) is 4.83. The van der Waals surface area contributed by atoms with Crippen molar-refractivity contribution in [1.29, 1.82) is 5.26 Å². The van der Waals surface area contributed by atoms with E-state index >= 15 is 0 Å². The minimum atomic E-state index is -0.490. The van der Waals surface area contributed by atoms with Gasteiger partial charge in [-0.05, 0) is 30.5 Å². The van der Waals surface area contributed by atoms with Gasteiger partial charge in [0.15, 0.2) is 0 Å². The van der Waals surface area contributed by atoms with Crippen molar-refractivity contribution in [2.75, 3.05) is 11.4 Å². The maximum Gasteiger partial charge on any atom is 0.320 e. The molecule has 0 saturated carbocycles. The Bertz CT molecular complexity index is 750. The van der Waals surface area contributed by atoms with E-state index in [2.05, 4.69) is 16.0 Å². The molecule has 3 rings (SSSR count). The predicted octanol–water partition coefficient (Wildman–Crippen LogP) is 1.85. The van der Waals surface area contributed by atoms with E-state index in [0.29, 0.717) is 17.9 Å². The van der Waals surface area contributed by atoms with Gasteiger partial charge in [0, 0.05) is 36.3 Å². The number of hydrogen-bond donors (Lipinski definition) is 1. The second-order valence-corrected chi connectivity index (χ2v) is 4.83. The second kappa shape index (κ2) is 5.21. The third kappa shape index (κ3) is 2.30. The summed E-state index contributed by atoms with van der Waals surface area (Å²) in [7, 11) is 0. The van der Waals surface area contributed by atoms with E-state index in [1.54, 1.807) is 24.7 Å². The number of nitrogens with two attached hydrogens (primary N) is 1. The molecule has 21 heavy (non-hydrogen) atoms. The Labute approximate surface area is 121 Å². The van der Waals surface area contributed by atoms with Crippen LogP contribution < -0.4 is 10.6 Å². The minimum absolute atomic E-state index is 0.490. The molecule has 0 saturated heterocycles. The van der Waals surface area contributed by atoms with Crippen LogP contribution >= 0.6 is 0 Å². The number of hydrogen-bond acceptors (Lipinski definition) is 4. The molecule has 3 heterocycles. The van der Waals surface area contributed by atoms with Crippen molar-refractivity contribution in [2.45, 2.75) is 12.8 Å². The van der Waals surface area contributed by atoms with Crippen molar-refractivity contribution in [3.05, 3.63) is 41.9 Å². The maximum absolute atomic E-state index is 11.4. The number of fused-ring (bicyclic) bond motifs is 1. The fraction of sp³-hybridized carbons (Fsp3) is 0.200. The monoisotopic (exact) mass is 279 g/mol. The number of urea groups is 1. The molecule has 2 N–H and O–H groups in total. The molecule has 0 aromatic carbocycles. The summed E-state index contributed by atoms with van der Waals surface area (Å²) in [4.78, 5) is 21.3. The first-order valence-corrected chi connectivity index (χ1v) is 6.61. The molecule has 0 unspecified atom stereocenters. The quantitative estimate of drug-likeness (QED) is 0.861. The minimum Gasteiger partial charge on any atom is -0.351 e. The largest absolute Gasteiger partial charge is 0.351 e. The van der Waals surface area contributed by atoms with Crippen LogP contribution in [0.2, 0.25) is 0 Å². The van der Waals surface area contributed by atoms with Gasteiger partial charge in [0.2, 0.25) is 0 Å². The Hall–Kier alpha value is -2.94. The van der Waals surface area contributed by atoms with Crippen LogP contribution in [-0.4, -0.2) is 22.5 Å². The summed E-state index contributed by atoms with van der Waals surface area (Å²) >= 11 is 0. The Balaban J connectivity index is 2.08. The molecule has 0 spiro atoms. The molecule has 2 amide bonds. The van der Waals surface area contributed by atoms with E-state index in [1.165, 1.54) is 4.90 Å². The lowest BCUT2D eigenvalue weighted by molar-refractivity contribution is 0.253. The van der Waals surface area contributed by atoms with E-state index < -0.39 is 6.03 Å². The van der Waals surface area contributed by atoms with Crippen LogP contribution in [0.1, 0.15) is 17.5 Å². The molecule has 104 valence electrons. The van der Waals surface area contributed by atoms with Crippen LogP contribution in [0, 0.1) is 11.3 Å². The molecule has 0 fully saturated rings. The summed E-state index contributed by atoms with van der Waals surface area (Å²) in [6.07, 6.45) is 6.57. The van der Waals surface area contributed by atoms with E-state index in [4.69, 9.17) is 11.0 Å². The van der Waals surface area contributed by atoms with Crippen molar-refractivity contribution in [3.8, 4) is 17.2 Å². The van der Waals surface area contributed by atoms with Crippen LogP contribution in [0.3, 0.4) is 0 Å². The predicted molar refractivity (Wildman–Crippen MR) is 77.4 cm³/mol. The molecule has 0 atom stereocenters. The molecule has 0 aliphatic carbocycles.